The molecule has 1 amide bonds. The largest absolute Gasteiger partial charge is 0.322 e. The third kappa shape index (κ3) is 5.08. The number of nitrogens with zero attached hydrogens (tertiary/aromatic N) is 5. The molecular formula is C25H25ClN6OS. The number of allylic oxidation sites excluding steroid dienone is 1. The number of carbonyl (C=O) groups excluding carboxylic acids is 1. The van der Waals surface area contributed by atoms with E-state index in [0.29, 0.717) is 22.5 Å². The quantitative estimate of drug-likeness (QED) is 0.255. The fourth-order valence-electron chi connectivity index (χ4n) is 3.57. The van der Waals surface area contributed by atoms with Gasteiger partial charge in [-0.15, -0.1) is 16.8 Å². The Morgan fingerprint density at radius 2 is 1.79 bits per heavy atom. The highest BCUT2D eigenvalue weighted by molar-refractivity contribution is 7.99. The summed E-state index contributed by atoms with van der Waals surface area (Å²) in [7, 11) is 0. The van der Waals surface area contributed by atoms with E-state index in [1.54, 1.807) is 6.08 Å². The molecule has 0 aliphatic carbocycles. The van der Waals surface area contributed by atoms with Gasteiger partial charge in [0.25, 0.3) is 0 Å². The molecule has 0 radical (unpaired) electrons. The van der Waals surface area contributed by atoms with Crippen molar-refractivity contribution >= 4 is 35.0 Å². The lowest BCUT2D eigenvalue weighted by molar-refractivity contribution is -0.113. The average Bonchev–Trinajstić information content (AvgIpc) is 3.35. The monoisotopic (exact) mass is 492 g/mol. The van der Waals surface area contributed by atoms with Gasteiger partial charge in [-0.1, -0.05) is 47.1 Å². The van der Waals surface area contributed by atoms with Crippen molar-refractivity contribution < 1.29 is 4.79 Å². The van der Waals surface area contributed by atoms with Gasteiger partial charge in [-0.25, -0.2) is 4.68 Å². The number of benzene rings is 2. The van der Waals surface area contributed by atoms with Gasteiger partial charge in [-0.2, -0.15) is 5.10 Å². The Kier molecular flexibility index (Phi) is 7.19. The van der Waals surface area contributed by atoms with E-state index in [1.807, 2.05) is 78.6 Å². The number of aryl methyl sites for hydroxylation is 2. The van der Waals surface area contributed by atoms with Crippen molar-refractivity contribution in [3.8, 4) is 17.1 Å². The van der Waals surface area contributed by atoms with Crippen LogP contribution in [0.4, 0.5) is 5.69 Å². The Labute approximate surface area is 207 Å². The van der Waals surface area contributed by atoms with Crippen LogP contribution < -0.4 is 5.32 Å². The second kappa shape index (κ2) is 10.3. The van der Waals surface area contributed by atoms with E-state index in [2.05, 4.69) is 27.2 Å². The van der Waals surface area contributed by atoms with Crippen molar-refractivity contribution in [2.45, 2.75) is 32.5 Å². The first-order valence-electron chi connectivity index (χ1n) is 10.7. The number of hydrogen-bond donors (Lipinski definition) is 1. The molecule has 9 heteroatoms. The Hall–Kier alpha value is -3.36. The maximum absolute atomic E-state index is 12.8. The lowest BCUT2D eigenvalue weighted by Crippen LogP contribution is -2.16. The molecule has 34 heavy (non-hydrogen) atoms. The van der Waals surface area contributed by atoms with Gasteiger partial charge < -0.3 is 5.32 Å². The Morgan fingerprint density at radius 1 is 1.09 bits per heavy atom. The minimum Gasteiger partial charge on any atom is -0.322 e. The highest BCUT2D eigenvalue weighted by atomic mass is 35.5. The molecule has 0 aliphatic heterocycles. The summed E-state index contributed by atoms with van der Waals surface area (Å²) in [4.78, 5) is 12.8. The van der Waals surface area contributed by atoms with Crippen molar-refractivity contribution in [1.29, 1.82) is 0 Å². The predicted octanol–water partition coefficient (Wildman–Crippen LogP) is 5.63. The first-order valence-corrected chi connectivity index (χ1v) is 12.1. The first kappa shape index (κ1) is 23.8. The summed E-state index contributed by atoms with van der Waals surface area (Å²) in [6.45, 7) is 10.2. The van der Waals surface area contributed by atoms with Crippen LogP contribution in [-0.2, 0) is 11.3 Å². The Morgan fingerprint density at radius 3 is 2.47 bits per heavy atom. The molecule has 4 rings (SSSR count). The van der Waals surface area contributed by atoms with Crippen molar-refractivity contribution in [2.24, 2.45) is 0 Å². The summed E-state index contributed by atoms with van der Waals surface area (Å²) in [6.07, 6.45) is 1.78. The molecule has 0 saturated heterocycles. The number of nitrogens with one attached hydrogen (secondary N) is 1. The van der Waals surface area contributed by atoms with Crippen LogP contribution in [-0.4, -0.2) is 36.2 Å². The van der Waals surface area contributed by atoms with Crippen LogP contribution >= 0.6 is 23.4 Å². The van der Waals surface area contributed by atoms with Crippen LogP contribution in [0.15, 0.2) is 66.3 Å². The molecule has 4 aromatic rings. The zero-order valence-corrected chi connectivity index (χ0v) is 20.8. The molecule has 0 fully saturated rings. The van der Waals surface area contributed by atoms with Gasteiger partial charge in [0.05, 0.1) is 28.5 Å². The van der Waals surface area contributed by atoms with Crippen molar-refractivity contribution in [2.75, 3.05) is 11.1 Å². The molecular weight excluding hydrogens is 468 g/mol. The zero-order valence-electron chi connectivity index (χ0n) is 19.2. The van der Waals surface area contributed by atoms with E-state index in [0.717, 1.165) is 28.3 Å². The number of carbonyl (C=O) groups is 1. The normalized spacial score (nSPS) is 10.9. The molecule has 0 bridgehead atoms. The van der Waals surface area contributed by atoms with Crippen LogP contribution in [0.2, 0.25) is 5.02 Å². The summed E-state index contributed by atoms with van der Waals surface area (Å²) in [6, 6.07) is 15.5. The molecule has 0 atom stereocenters. The number of rotatable bonds is 8. The van der Waals surface area contributed by atoms with Gasteiger partial charge in [-0.3, -0.25) is 9.36 Å². The second-order valence-electron chi connectivity index (χ2n) is 7.84. The summed E-state index contributed by atoms with van der Waals surface area (Å²) in [5, 5.41) is 17.5. The summed E-state index contributed by atoms with van der Waals surface area (Å²) < 4.78 is 3.77. The summed E-state index contributed by atoms with van der Waals surface area (Å²) >= 11 is 7.33. The minimum absolute atomic E-state index is 0.138. The molecule has 0 spiro atoms. The maximum Gasteiger partial charge on any atom is 0.234 e. The van der Waals surface area contributed by atoms with E-state index in [1.165, 1.54) is 17.3 Å². The molecule has 2 heterocycles. The molecule has 2 aromatic carbocycles. The van der Waals surface area contributed by atoms with Crippen LogP contribution in [0.25, 0.3) is 17.1 Å². The minimum atomic E-state index is -0.138. The van der Waals surface area contributed by atoms with Gasteiger partial charge in [0.2, 0.25) is 5.91 Å². The summed E-state index contributed by atoms with van der Waals surface area (Å²) in [5.74, 6) is 0.746. The van der Waals surface area contributed by atoms with Gasteiger partial charge in [0, 0.05) is 17.1 Å². The Bertz CT molecular complexity index is 1320. The van der Waals surface area contributed by atoms with E-state index in [-0.39, 0.29) is 11.7 Å². The topological polar surface area (TPSA) is 77.6 Å². The molecule has 0 unspecified atom stereocenters. The molecule has 0 aliphatic rings. The Balaban J connectivity index is 1.48. The maximum atomic E-state index is 12.8. The van der Waals surface area contributed by atoms with Crippen molar-refractivity contribution in [3.63, 3.8) is 0 Å². The fourth-order valence-corrected chi connectivity index (χ4v) is 4.44. The number of thioether (sulfide) groups is 1. The third-order valence-corrected chi connectivity index (χ3v) is 6.52. The zero-order chi connectivity index (χ0) is 24.2. The van der Waals surface area contributed by atoms with Gasteiger partial charge in [0.1, 0.15) is 0 Å². The number of anilines is 1. The van der Waals surface area contributed by atoms with E-state index >= 15 is 0 Å². The lowest BCUT2D eigenvalue weighted by Gasteiger charge is -2.09. The molecule has 1 N–H and O–H groups in total. The van der Waals surface area contributed by atoms with Crippen LogP contribution in [0, 0.1) is 20.8 Å². The standard InChI is InChI=1S/C25H25ClN6OS/c1-5-14-31-24(19-8-10-20(26)11-9-19)28-29-25(31)34-15-22(33)27-23-17(3)30-32(18(23)4)21-12-6-16(2)7-13-21/h5-13H,1,14-15H2,2-4H3,(H,27,33). The number of hydrogen-bond acceptors (Lipinski definition) is 5. The van der Waals surface area contributed by atoms with Gasteiger partial charge in [-0.05, 0) is 57.2 Å². The predicted molar refractivity (Wildman–Crippen MR) is 138 cm³/mol. The lowest BCUT2D eigenvalue weighted by atomic mass is 10.2. The van der Waals surface area contributed by atoms with Crippen LogP contribution in [0.3, 0.4) is 0 Å². The van der Waals surface area contributed by atoms with Crippen LogP contribution in [0.5, 0.6) is 0 Å². The highest BCUT2D eigenvalue weighted by Crippen LogP contribution is 2.27. The molecule has 7 nitrogen and oxygen atoms in total. The van der Waals surface area contributed by atoms with E-state index in [9.17, 15) is 4.79 Å². The molecule has 2 aromatic heterocycles. The van der Waals surface area contributed by atoms with Crippen molar-refractivity contribution in [3.05, 3.63) is 83.2 Å². The van der Waals surface area contributed by atoms with Gasteiger partial charge in [0.15, 0.2) is 11.0 Å². The summed E-state index contributed by atoms with van der Waals surface area (Å²) in [5.41, 5.74) is 5.38. The second-order valence-corrected chi connectivity index (χ2v) is 9.22. The average molecular weight is 493 g/mol. The highest BCUT2D eigenvalue weighted by Gasteiger charge is 2.18. The first-order chi connectivity index (χ1) is 16.4. The molecule has 0 saturated carbocycles. The fraction of sp³-hybridized carbons (Fsp3) is 0.200. The van der Waals surface area contributed by atoms with E-state index < -0.39 is 0 Å². The molecule has 174 valence electrons. The third-order valence-electron chi connectivity index (χ3n) is 5.30. The van der Waals surface area contributed by atoms with Crippen LogP contribution in [0.1, 0.15) is 17.0 Å². The number of aromatic nitrogens is 5. The van der Waals surface area contributed by atoms with E-state index in [4.69, 9.17) is 11.6 Å². The van der Waals surface area contributed by atoms with Gasteiger partial charge >= 0.3 is 0 Å². The number of halogens is 1. The SMILES string of the molecule is C=CCn1c(SCC(=O)Nc2c(C)nn(-c3ccc(C)cc3)c2C)nnc1-c1ccc(Cl)cc1. The van der Waals surface area contributed by atoms with Crippen molar-refractivity contribution in [1.82, 2.24) is 24.5 Å². The number of amides is 1. The smallest absolute Gasteiger partial charge is 0.234 e.